The lowest BCUT2D eigenvalue weighted by Crippen LogP contribution is -2.66. The van der Waals surface area contributed by atoms with Crippen molar-refractivity contribution in [2.24, 2.45) is 16.7 Å². The summed E-state index contributed by atoms with van der Waals surface area (Å²) < 4.78 is 85.8. The van der Waals surface area contributed by atoms with Gasteiger partial charge in [-0.2, -0.15) is 13.2 Å². The third kappa shape index (κ3) is 8.09. The van der Waals surface area contributed by atoms with Gasteiger partial charge in [-0.05, 0) is 64.5 Å². The molecule has 0 N–H and O–H groups in total. The Morgan fingerprint density at radius 1 is 1.00 bits per heavy atom. The van der Waals surface area contributed by atoms with Crippen molar-refractivity contribution in [1.29, 1.82) is 0 Å². The van der Waals surface area contributed by atoms with Crippen LogP contribution in [0.5, 0.6) is 0 Å². The van der Waals surface area contributed by atoms with E-state index in [0.29, 0.717) is 11.1 Å². The minimum Gasteiger partial charge on any atom is -0.456 e. The summed E-state index contributed by atoms with van der Waals surface area (Å²) in [4.78, 5) is 41.7. The number of esters is 1. The van der Waals surface area contributed by atoms with Gasteiger partial charge >= 0.3 is 18.2 Å². The van der Waals surface area contributed by atoms with E-state index in [2.05, 4.69) is 6.58 Å². The average molecular weight is 673 g/mol. The highest BCUT2D eigenvalue weighted by Gasteiger charge is 2.61. The molecule has 2 heterocycles. The number of rotatable bonds is 9. The fourth-order valence-corrected chi connectivity index (χ4v) is 6.68. The van der Waals surface area contributed by atoms with Crippen molar-refractivity contribution >= 4 is 18.0 Å². The van der Waals surface area contributed by atoms with Gasteiger partial charge in [-0.1, -0.05) is 30.9 Å². The number of halogens is 5. The van der Waals surface area contributed by atoms with Gasteiger partial charge in [0.05, 0.1) is 18.8 Å². The van der Waals surface area contributed by atoms with Crippen LogP contribution >= 0.6 is 0 Å². The standard InChI is InChI=1S/C34H45F5N2O6/c1-7-15-46-29(44)40-16-24(32(19-40)20-41(21-32)28(43)31(5,6)34(37,38)39)18-45-17-23-9-8-10-25(22-11-13-33(35,36)14-12-22)26(23)27(42)47-30(2,3)4/h7-10,22,24H,1,11-21H2,2-6H3/t24-/m0/s1. The first-order chi connectivity index (χ1) is 21.7. The van der Waals surface area contributed by atoms with Crippen LogP contribution in [0.4, 0.5) is 26.7 Å². The number of benzene rings is 1. The largest absolute Gasteiger partial charge is 0.456 e. The van der Waals surface area contributed by atoms with Crippen LogP contribution in [0.2, 0.25) is 0 Å². The molecular weight excluding hydrogens is 627 g/mol. The number of ether oxygens (including phenoxy) is 3. The lowest BCUT2D eigenvalue weighted by Gasteiger charge is -2.52. The normalized spacial score (nSPS) is 21.4. The van der Waals surface area contributed by atoms with E-state index in [-0.39, 0.29) is 89.1 Å². The zero-order valence-corrected chi connectivity index (χ0v) is 27.7. The van der Waals surface area contributed by atoms with Crippen LogP contribution in [-0.4, -0.2) is 84.9 Å². The van der Waals surface area contributed by atoms with E-state index >= 15 is 0 Å². The fourth-order valence-electron chi connectivity index (χ4n) is 6.68. The zero-order valence-electron chi connectivity index (χ0n) is 27.7. The van der Waals surface area contributed by atoms with Gasteiger partial charge in [-0.3, -0.25) is 4.79 Å². The topological polar surface area (TPSA) is 85.4 Å². The number of amides is 2. The van der Waals surface area contributed by atoms with Crippen LogP contribution in [0.3, 0.4) is 0 Å². The lowest BCUT2D eigenvalue weighted by atomic mass is 9.70. The molecule has 2 saturated heterocycles. The molecule has 0 aromatic heterocycles. The number of nitrogens with zero attached hydrogens (tertiary/aromatic N) is 2. The Hall–Kier alpha value is -3.22. The number of likely N-dealkylation sites (tertiary alicyclic amines) is 2. The first-order valence-corrected chi connectivity index (χ1v) is 15.9. The van der Waals surface area contributed by atoms with Crippen molar-refractivity contribution in [3.05, 3.63) is 47.5 Å². The van der Waals surface area contributed by atoms with Gasteiger partial charge in [-0.25, -0.2) is 18.4 Å². The van der Waals surface area contributed by atoms with E-state index in [0.717, 1.165) is 18.7 Å². The summed E-state index contributed by atoms with van der Waals surface area (Å²) in [6.07, 6.45) is -4.04. The number of alkyl halides is 5. The molecule has 1 aliphatic carbocycles. The second kappa shape index (κ2) is 13.4. The zero-order chi connectivity index (χ0) is 35.0. The van der Waals surface area contributed by atoms with Crippen molar-refractivity contribution in [1.82, 2.24) is 9.80 Å². The maximum atomic E-state index is 14.0. The van der Waals surface area contributed by atoms with Gasteiger partial charge < -0.3 is 24.0 Å². The van der Waals surface area contributed by atoms with Gasteiger partial charge in [0.15, 0.2) is 0 Å². The first kappa shape index (κ1) is 36.6. The molecule has 1 aromatic carbocycles. The highest BCUT2D eigenvalue weighted by molar-refractivity contribution is 5.93. The summed E-state index contributed by atoms with van der Waals surface area (Å²) in [7, 11) is 0. The summed E-state index contributed by atoms with van der Waals surface area (Å²) in [5, 5.41) is 0. The van der Waals surface area contributed by atoms with Crippen LogP contribution in [0.15, 0.2) is 30.9 Å². The number of hydrogen-bond donors (Lipinski definition) is 0. The molecule has 3 fully saturated rings. The molecule has 262 valence electrons. The minimum atomic E-state index is -4.73. The van der Waals surface area contributed by atoms with E-state index in [1.807, 2.05) is 0 Å². The molecule has 0 radical (unpaired) electrons. The summed E-state index contributed by atoms with van der Waals surface area (Å²) in [5.74, 6) is -4.98. The Morgan fingerprint density at radius 3 is 2.19 bits per heavy atom. The molecule has 2 amide bonds. The minimum absolute atomic E-state index is 0.00949. The predicted molar refractivity (Wildman–Crippen MR) is 163 cm³/mol. The molecule has 1 spiro atoms. The number of hydrogen-bond acceptors (Lipinski definition) is 6. The monoisotopic (exact) mass is 672 g/mol. The third-order valence-electron chi connectivity index (χ3n) is 9.46. The third-order valence-corrected chi connectivity index (χ3v) is 9.46. The second-order valence-corrected chi connectivity index (χ2v) is 14.6. The summed E-state index contributed by atoms with van der Waals surface area (Å²) in [6, 6.07) is 5.23. The van der Waals surface area contributed by atoms with E-state index in [9.17, 15) is 36.3 Å². The molecule has 2 aliphatic heterocycles. The van der Waals surface area contributed by atoms with Gasteiger partial charge in [0.1, 0.15) is 17.6 Å². The van der Waals surface area contributed by atoms with Crippen molar-refractivity contribution < 1.29 is 50.5 Å². The van der Waals surface area contributed by atoms with Gasteiger partial charge in [-0.15, -0.1) is 0 Å². The van der Waals surface area contributed by atoms with Crippen LogP contribution in [0.1, 0.15) is 87.7 Å². The molecule has 3 aliphatic rings. The molecule has 8 nitrogen and oxygen atoms in total. The van der Waals surface area contributed by atoms with E-state index in [1.165, 1.54) is 11.0 Å². The summed E-state index contributed by atoms with van der Waals surface area (Å²) >= 11 is 0. The Morgan fingerprint density at radius 2 is 1.62 bits per heavy atom. The fraction of sp³-hybridized carbons (Fsp3) is 0.676. The van der Waals surface area contributed by atoms with Crippen molar-refractivity contribution in [2.75, 3.05) is 39.4 Å². The molecule has 1 saturated carbocycles. The molecule has 1 aromatic rings. The molecule has 47 heavy (non-hydrogen) atoms. The maximum absolute atomic E-state index is 14.0. The SMILES string of the molecule is C=CCOC(=O)N1C[C@@H](COCc2cccc(C3CCC(F)(F)CC3)c2C(=O)OC(C)(C)C)C2(C1)CN(C(=O)C(C)(C)C(F)(F)F)C2. The van der Waals surface area contributed by atoms with Crippen LogP contribution in [0, 0.1) is 16.7 Å². The van der Waals surface area contributed by atoms with E-state index in [4.69, 9.17) is 14.2 Å². The summed E-state index contributed by atoms with van der Waals surface area (Å²) in [5.41, 5.74) is -2.67. The van der Waals surface area contributed by atoms with E-state index < -0.39 is 46.5 Å². The Kier molecular flexibility index (Phi) is 10.4. The second-order valence-electron chi connectivity index (χ2n) is 14.6. The molecule has 0 bridgehead atoms. The predicted octanol–water partition coefficient (Wildman–Crippen LogP) is 7.12. The number of carbonyl (C=O) groups is 3. The molecular formula is C34H45F5N2O6. The first-order valence-electron chi connectivity index (χ1n) is 15.9. The molecule has 0 unspecified atom stereocenters. The lowest BCUT2D eigenvalue weighted by molar-refractivity contribution is -0.223. The van der Waals surface area contributed by atoms with Crippen LogP contribution < -0.4 is 0 Å². The van der Waals surface area contributed by atoms with Crippen molar-refractivity contribution in [2.45, 2.75) is 90.5 Å². The smallest absolute Gasteiger partial charge is 0.410 e. The Bertz CT molecular complexity index is 1340. The summed E-state index contributed by atoms with van der Waals surface area (Å²) in [6.45, 7) is 10.8. The highest BCUT2D eigenvalue weighted by Crippen LogP contribution is 2.48. The van der Waals surface area contributed by atoms with E-state index in [1.54, 1.807) is 39.0 Å². The van der Waals surface area contributed by atoms with Crippen LogP contribution in [-0.2, 0) is 25.6 Å². The van der Waals surface area contributed by atoms with Crippen molar-refractivity contribution in [3.8, 4) is 0 Å². The van der Waals surface area contributed by atoms with Crippen LogP contribution in [0.25, 0.3) is 0 Å². The highest BCUT2D eigenvalue weighted by atomic mass is 19.4. The number of carbonyl (C=O) groups excluding carboxylic acids is 3. The average Bonchev–Trinajstić information content (AvgIpc) is 3.33. The molecule has 4 rings (SSSR count). The Balaban J connectivity index is 1.53. The van der Waals surface area contributed by atoms with Gasteiger partial charge in [0.2, 0.25) is 11.8 Å². The molecule has 13 heteroatoms. The van der Waals surface area contributed by atoms with Gasteiger partial charge in [0, 0.05) is 50.4 Å². The quantitative estimate of drug-likeness (QED) is 0.158. The van der Waals surface area contributed by atoms with Crippen molar-refractivity contribution in [3.63, 3.8) is 0 Å². The maximum Gasteiger partial charge on any atom is 0.410 e. The Labute approximate surface area is 272 Å². The molecule has 1 atom stereocenters. The van der Waals surface area contributed by atoms with Gasteiger partial charge in [0.25, 0.3) is 0 Å².